The van der Waals surface area contributed by atoms with Gasteiger partial charge in [-0.05, 0) is 32.9 Å². The first kappa shape index (κ1) is 26.0. The molecule has 11 nitrogen and oxygen atoms in total. The lowest BCUT2D eigenvalue weighted by molar-refractivity contribution is 0.0231. The Balaban J connectivity index is 1.43. The van der Waals surface area contributed by atoms with E-state index < -0.39 is 23.1 Å². The number of fused-ring (bicyclic) bond motifs is 2. The van der Waals surface area contributed by atoms with Gasteiger partial charge in [-0.2, -0.15) is 0 Å². The van der Waals surface area contributed by atoms with Gasteiger partial charge in [0, 0.05) is 26.1 Å². The average molecular weight is 561 g/mol. The molecule has 1 saturated heterocycles. The van der Waals surface area contributed by atoms with Crippen LogP contribution in [0.3, 0.4) is 0 Å². The molecule has 0 atom stereocenters. The maximum Gasteiger partial charge on any atom is 0.410 e. The van der Waals surface area contributed by atoms with Gasteiger partial charge in [-0.3, -0.25) is 4.79 Å². The molecule has 0 bridgehead atoms. The Labute approximate surface area is 226 Å². The van der Waals surface area contributed by atoms with Crippen LogP contribution in [0.2, 0.25) is 5.02 Å². The van der Waals surface area contributed by atoms with Gasteiger partial charge in [0.15, 0.2) is 5.82 Å². The van der Waals surface area contributed by atoms with Crippen LogP contribution in [0, 0.1) is 5.82 Å². The Morgan fingerprint density at radius 1 is 1.16 bits per heavy atom. The molecule has 0 aliphatic carbocycles. The first-order valence-corrected chi connectivity index (χ1v) is 13.3. The average Bonchev–Trinajstić information content (AvgIpc) is 3.35. The van der Waals surface area contributed by atoms with Crippen LogP contribution in [0.4, 0.5) is 15.0 Å². The molecule has 0 radical (unpaired) electrons. The van der Waals surface area contributed by atoms with Crippen LogP contribution < -0.4 is 15.9 Å². The highest BCUT2D eigenvalue weighted by molar-refractivity contribution is 7.16. The summed E-state index contributed by atoms with van der Waals surface area (Å²) in [7, 11) is 0. The monoisotopic (exact) mass is 560 g/mol. The van der Waals surface area contributed by atoms with E-state index in [2.05, 4.69) is 25.3 Å². The molecule has 0 spiro atoms. The molecule has 4 aromatic rings. The van der Waals surface area contributed by atoms with Gasteiger partial charge in [-0.1, -0.05) is 11.6 Å². The maximum atomic E-state index is 14.7. The summed E-state index contributed by atoms with van der Waals surface area (Å²) in [5.41, 5.74) is 1.19. The number of nitrogens with zero attached hydrogens (tertiary/aromatic N) is 7. The highest BCUT2D eigenvalue weighted by Crippen LogP contribution is 2.23. The van der Waals surface area contributed by atoms with Gasteiger partial charge < -0.3 is 20.0 Å². The van der Waals surface area contributed by atoms with Crippen LogP contribution >= 0.6 is 22.9 Å². The van der Waals surface area contributed by atoms with E-state index in [1.165, 1.54) is 34.5 Å². The predicted molar refractivity (Wildman–Crippen MR) is 144 cm³/mol. The molecule has 1 fully saturated rings. The number of hydrogen-bond donors (Lipinski definition) is 1. The van der Waals surface area contributed by atoms with Crippen molar-refractivity contribution in [1.29, 1.82) is 0 Å². The third-order valence-corrected chi connectivity index (χ3v) is 6.98. The van der Waals surface area contributed by atoms with Crippen LogP contribution in [0.25, 0.3) is 21.3 Å². The van der Waals surface area contributed by atoms with Gasteiger partial charge in [0.25, 0.3) is 5.56 Å². The quantitative estimate of drug-likeness (QED) is 0.391. The van der Waals surface area contributed by atoms with Gasteiger partial charge in [0.1, 0.15) is 39.4 Å². The van der Waals surface area contributed by atoms with Crippen molar-refractivity contribution in [3.05, 3.63) is 51.0 Å². The van der Waals surface area contributed by atoms with Crippen molar-refractivity contribution < 1.29 is 13.9 Å². The van der Waals surface area contributed by atoms with Crippen molar-refractivity contribution in [2.45, 2.75) is 32.8 Å². The van der Waals surface area contributed by atoms with E-state index in [9.17, 15) is 14.0 Å². The van der Waals surface area contributed by atoms with Crippen LogP contribution in [-0.2, 0) is 11.2 Å². The molecule has 14 heteroatoms. The summed E-state index contributed by atoms with van der Waals surface area (Å²) in [6, 6.07) is 2.55. The molecule has 4 heterocycles. The van der Waals surface area contributed by atoms with Gasteiger partial charge in [-0.15, -0.1) is 11.3 Å². The van der Waals surface area contributed by atoms with Crippen molar-refractivity contribution in [1.82, 2.24) is 29.5 Å². The summed E-state index contributed by atoms with van der Waals surface area (Å²) >= 11 is 7.72. The highest BCUT2D eigenvalue weighted by atomic mass is 35.5. The second-order valence-corrected chi connectivity index (χ2v) is 11.0. The van der Waals surface area contributed by atoms with Crippen molar-refractivity contribution in [2.75, 3.05) is 43.0 Å². The van der Waals surface area contributed by atoms with Gasteiger partial charge in [-0.25, -0.2) is 33.8 Å². The summed E-state index contributed by atoms with van der Waals surface area (Å²) in [5, 5.41) is 5.15. The normalized spacial score (nSPS) is 14.3. The lowest BCUT2D eigenvalue weighted by Gasteiger charge is -2.37. The van der Waals surface area contributed by atoms with Crippen LogP contribution in [0.5, 0.6) is 0 Å². The molecular formula is C24H26ClFN8O3S. The number of aromatic nitrogens is 5. The largest absolute Gasteiger partial charge is 0.444 e. The van der Waals surface area contributed by atoms with E-state index in [-0.39, 0.29) is 22.3 Å². The minimum atomic E-state index is -0.627. The Morgan fingerprint density at radius 3 is 2.66 bits per heavy atom. The molecule has 1 aliphatic heterocycles. The van der Waals surface area contributed by atoms with Crippen LogP contribution in [0.15, 0.2) is 28.8 Å². The van der Waals surface area contributed by atoms with Crippen LogP contribution in [0.1, 0.15) is 26.6 Å². The number of carbonyl (C=O) groups is 1. The fourth-order valence-electron chi connectivity index (χ4n) is 4.23. The fraction of sp³-hybridized carbons (Fsp3) is 0.417. The third kappa shape index (κ3) is 5.20. The summed E-state index contributed by atoms with van der Waals surface area (Å²) < 4.78 is 21.6. The number of hydrogen-bond acceptors (Lipinski definition) is 10. The number of rotatable bonds is 5. The molecule has 5 rings (SSSR count). The summed E-state index contributed by atoms with van der Waals surface area (Å²) in [4.78, 5) is 45.8. The molecule has 1 N–H and O–H groups in total. The minimum absolute atomic E-state index is 0.0120. The Morgan fingerprint density at radius 2 is 1.92 bits per heavy atom. The zero-order valence-electron chi connectivity index (χ0n) is 21.1. The summed E-state index contributed by atoms with van der Waals surface area (Å²) in [6.07, 6.45) is 1.32. The number of benzene rings is 1. The van der Waals surface area contributed by atoms with Crippen molar-refractivity contribution in [3.8, 4) is 0 Å². The second-order valence-electron chi connectivity index (χ2n) is 9.72. The van der Waals surface area contributed by atoms with E-state index in [1.807, 2.05) is 20.8 Å². The Bertz CT molecular complexity index is 1560. The number of amides is 1. The molecule has 0 saturated carbocycles. The molecule has 38 heavy (non-hydrogen) atoms. The van der Waals surface area contributed by atoms with Gasteiger partial charge in [0.05, 0.1) is 29.0 Å². The molecule has 1 aromatic carbocycles. The topological polar surface area (TPSA) is 118 Å². The Hall–Kier alpha value is -3.58. The standard InChI is InChI=1S/C24H26ClFN8O3S/c1-24(2,3)37-23(36)32-8-10-33(11-9-32)34-16(31-18-15(26)5-4-14(25)17(18)22(34)35)6-7-27-20-19-21(29-12-28-20)38-13-30-19/h4-5,12-13H,6-11H2,1-3H3,(H,27,28,29). The van der Waals surface area contributed by atoms with Crippen molar-refractivity contribution in [3.63, 3.8) is 0 Å². The lowest BCUT2D eigenvalue weighted by Crippen LogP contribution is -2.56. The van der Waals surface area contributed by atoms with Crippen molar-refractivity contribution >= 4 is 56.1 Å². The van der Waals surface area contributed by atoms with Gasteiger partial charge in [0.2, 0.25) is 0 Å². The second kappa shape index (κ2) is 10.3. The van der Waals surface area contributed by atoms with E-state index >= 15 is 0 Å². The van der Waals surface area contributed by atoms with E-state index in [1.54, 1.807) is 15.4 Å². The first-order chi connectivity index (χ1) is 18.1. The van der Waals surface area contributed by atoms with Crippen LogP contribution in [-0.4, -0.2) is 73.9 Å². The van der Waals surface area contributed by atoms with Gasteiger partial charge >= 0.3 is 6.09 Å². The molecule has 200 valence electrons. The smallest absolute Gasteiger partial charge is 0.410 e. The lowest BCUT2D eigenvalue weighted by atomic mass is 10.2. The summed E-state index contributed by atoms with van der Waals surface area (Å²) in [6.45, 7) is 7.17. The first-order valence-electron chi connectivity index (χ1n) is 12.0. The van der Waals surface area contributed by atoms with E-state index in [4.69, 9.17) is 16.3 Å². The number of ether oxygens (including phenoxy) is 1. The third-order valence-electron chi connectivity index (χ3n) is 5.94. The zero-order chi connectivity index (χ0) is 27.0. The SMILES string of the molecule is CC(C)(C)OC(=O)N1CCN(n2c(CCNc3ncnc4scnc34)nc3c(F)ccc(Cl)c3c2=O)CC1. The van der Waals surface area contributed by atoms with Crippen molar-refractivity contribution in [2.24, 2.45) is 0 Å². The predicted octanol–water partition coefficient (Wildman–Crippen LogP) is 3.43. The highest BCUT2D eigenvalue weighted by Gasteiger charge is 2.28. The number of halogens is 2. The minimum Gasteiger partial charge on any atom is -0.444 e. The summed E-state index contributed by atoms with van der Waals surface area (Å²) in [5.74, 6) is 0.286. The van der Waals surface area contributed by atoms with E-state index in [0.717, 1.165) is 4.83 Å². The number of piperazine rings is 1. The fourth-order valence-corrected chi connectivity index (χ4v) is 5.09. The number of carbonyl (C=O) groups excluding carboxylic acids is 1. The molecular weight excluding hydrogens is 535 g/mol. The molecule has 0 unspecified atom stereocenters. The maximum absolute atomic E-state index is 14.7. The number of anilines is 1. The number of nitrogens with one attached hydrogen (secondary N) is 1. The molecule has 1 aliphatic rings. The number of thiazole rings is 1. The zero-order valence-corrected chi connectivity index (χ0v) is 22.6. The van der Waals surface area contributed by atoms with E-state index in [0.29, 0.717) is 49.9 Å². The Kier molecular flexibility index (Phi) is 7.05. The molecule has 1 amide bonds. The molecule has 3 aromatic heterocycles.